The van der Waals surface area contributed by atoms with Gasteiger partial charge in [0.2, 0.25) is 0 Å². The monoisotopic (exact) mass is 623 g/mol. The van der Waals surface area contributed by atoms with Crippen molar-refractivity contribution in [1.29, 1.82) is 0 Å². The summed E-state index contributed by atoms with van der Waals surface area (Å²) in [5, 5.41) is 31.2. The number of carbonyl (C=O) groups is 3. The number of imidazole rings is 1. The zero-order valence-corrected chi connectivity index (χ0v) is 23.2. The lowest BCUT2D eigenvalue weighted by Gasteiger charge is -2.30. The first-order valence-corrected chi connectivity index (χ1v) is 12.4. The van der Waals surface area contributed by atoms with Crippen molar-refractivity contribution in [2.24, 2.45) is 0 Å². The number of carboxylic acids is 1. The van der Waals surface area contributed by atoms with Crippen LogP contribution in [0.5, 0.6) is 0 Å². The fourth-order valence-corrected chi connectivity index (χ4v) is 3.51. The van der Waals surface area contributed by atoms with Gasteiger partial charge in [-0.1, -0.05) is 32.9 Å². The first-order valence-electron chi connectivity index (χ1n) is 12.4. The molecule has 2 aromatic heterocycles. The number of amides is 1. The van der Waals surface area contributed by atoms with Crippen LogP contribution in [0.25, 0.3) is 5.65 Å². The molecule has 1 aromatic carbocycles. The fraction of sp³-hybridized carbons (Fsp3) is 0.423. The van der Waals surface area contributed by atoms with Crippen molar-refractivity contribution < 1.29 is 56.0 Å². The summed E-state index contributed by atoms with van der Waals surface area (Å²) < 4.78 is 62.4. The highest BCUT2D eigenvalue weighted by molar-refractivity contribution is 6.03. The molecule has 0 aliphatic carbocycles. The Labute approximate surface area is 241 Å². The predicted molar refractivity (Wildman–Crippen MR) is 143 cm³/mol. The van der Waals surface area contributed by atoms with E-state index in [1.54, 1.807) is 10.7 Å². The molecule has 0 saturated carbocycles. The highest BCUT2D eigenvalue weighted by atomic mass is 19.4. The summed E-state index contributed by atoms with van der Waals surface area (Å²) in [6.45, 7) is 4.08. The molecule has 0 radical (unpaired) electrons. The Morgan fingerprint density at radius 1 is 1.02 bits per heavy atom. The molecule has 1 saturated heterocycles. The van der Waals surface area contributed by atoms with Crippen molar-refractivity contribution >= 4 is 35.6 Å². The minimum atomic E-state index is -5.08. The van der Waals surface area contributed by atoms with Crippen molar-refractivity contribution in [3.63, 3.8) is 0 Å². The van der Waals surface area contributed by atoms with Crippen molar-refractivity contribution in [3.05, 3.63) is 53.7 Å². The maximum atomic E-state index is 12.6. The zero-order valence-electron chi connectivity index (χ0n) is 23.2. The van der Waals surface area contributed by atoms with Gasteiger partial charge in [0.05, 0.1) is 12.3 Å². The maximum Gasteiger partial charge on any atom is 0.490 e. The van der Waals surface area contributed by atoms with Crippen LogP contribution in [-0.4, -0.2) is 80.3 Å². The molecule has 238 valence electrons. The third-order valence-corrected chi connectivity index (χ3v) is 5.59. The van der Waals surface area contributed by atoms with E-state index in [1.165, 1.54) is 5.56 Å². The molecule has 4 N–H and O–H groups in total. The lowest BCUT2D eigenvalue weighted by molar-refractivity contribution is -0.192. The molecule has 0 unspecified atom stereocenters. The number of nitrogens with zero attached hydrogens (tertiary/aromatic N) is 4. The number of benzene rings is 1. The van der Waals surface area contributed by atoms with Crippen LogP contribution in [0.1, 0.15) is 49.5 Å². The van der Waals surface area contributed by atoms with Gasteiger partial charge in [0.1, 0.15) is 5.82 Å². The molecule has 11 nitrogen and oxygen atoms in total. The topological polar surface area (TPSA) is 157 Å². The van der Waals surface area contributed by atoms with Gasteiger partial charge in [0.25, 0.3) is 12.4 Å². The van der Waals surface area contributed by atoms with Crippen molar-refractivity contribution in [3.8, 4) is 0 Å². The number of rotatable bonds is 3. The second-order valence-corrected chi connectivity index (χ2v) is 9.78. The molecule has 43 heavy (non-hydrogen) atoms. The number of aliphatic hydroxyl groups is 1. The molecule has 3 aromatic rings. The molecule has 0 atom stereocenters. The molecule has 1 amide bonds. The second-order valence-electron chi connectivity index (χ2n) is 9.78. The largest absolute Gasteiger partial charge is 0.490 e. The third-order valence-electron chi connectivity index (χ3n) is 5.59. The molecule has 1 aliphatic rings. The van der Waals surface area contributed by atoms with Crippen LogP contribution in [-0.2, 0) is 15.0 Å². The Hall–Kier alpha value is -4.41. The molecule has 1 fully saturated rings. The SMILES string of the molecule is CC(C)(C)c1ccc(C(=O)Nc2cn3nc(N4CCC(O)CC4)ccc3n2)cc1.FC(F)F.O=C(O)C(F)(F)F.O=CO. The fourth-order valence-electron chi connectivity index (χ4n) is 3.51. The van der Waals surface area contributed by atoms with Gasteiger partial charge in [-0.2, -0.15) is 26.3 Å². The number of aromatic nitrogens is 3. The van der Waals surface area contributed by atoms with Crippen LogP contribution in [0.3, 0.4) is 0 Å². The van der Waals surface area contributed by atoms with E-state index in [0.717, 1.165) is 31.7 Å². The molecule has 0 bridgehead atoms. The number of anilines is 2. The Kier molecular flexibility index (Phi) is 13.9. The Morgan fingerprint density at radius 3 is 1.95 bits per heavy atom. The third kappa shape index (κ3) is 13.0. The van der Waals surface area contributed by atoms with E-state index in [2.05, 4.69) is 41.1 Å². The Balaban J connectivity index is 0.000000555. The highest BCUT2D eigenvalue weighted by Crippen LogP contribution is 2.23. The second kappa shape index (κ2) is 16.3. The Bertz CT molecular complexity index is 1320. The van der Waals surface area contributed by atoms with Crippen LogP contribution >= 0.6 is 0 Å². The van der Waals surface area contributed by atoms with E-state index in [1.807, 2.05) is 36.4 Å². The average Bonchev–Trinajstić information content (AvgIpc) is 3.30. The summed E-state index contributed by atoms with van der Waals surface area (Å²) in [7, 11) is 0. The maximum absolute atomic E-state index is 12.6. The van der Waals surface area contributed by atoms with Crippen LogP contribution < -0.4 is 10.2 Å². The van der Waals surface area contributed by atoms with E-state index in [9.17, 15) is 36.2 Å². The predicted octanol–water partition coefficient (Wildman–Crippen LogP) is 4.75. The summed E-state index contributed by atoms with van der Waals surface area (Å²) in [6.07, 6.45) is -2.08. The first-order chi connectivity index (χ1) is 19.9. The van der Waals surface area contributed by atoms with Gasteiger partial charge in [-0.05, 0) is 48.1 Å². The summed E-state index contributed by atoms with van der Waals surface area (Å²) in [4.78, 5) is 36.4. The molecule has 3 heterocycles. The van der Waals surface area contributed by atoms with Crippen LogP contribution in [0.4, 0.5) is 38.0 Å². The average molecular weight is 624 g/mol. The number of aliphatic hydroxyl groups excluding tert-OH is 1. The number of halogens is 6. The number of piperidine rings is 1. The quantitative estimate of drug-likeness (QED) is 0.239. The van der Waals surface area contributed by atoms with Crippen LogP contribution in [0.15, 0.2) is 42.6 Å². The summed E-state index contributed by atoms with van der Waals surface area (Å²) in [5.74, 6) is -1.64. The molecule has 1 aliphatic heterocycles. The zero-order chi connectivity index (χ0) is 33.0. The van der Waals surface area contributed by atoms with Gasteiger partial charge in [0, 0.05) is 18.7 Å². The number of alkyl halides is 6. The van der Waals surface area contributed by atoms with Gasteiger partial charge in [-0.25, -0.2) is 14.3 Å². The normalized spacial score (nSPS) is 13.5. The lowest BCUT2D eigenvalue weighted by atomic mass is 9.87. The van der Waals surface area contributed by atoms with Crippen LogP contribution in [0.2, 0.25) is 0 Å². The number of fused-ring (bicyclic) bond motifs is 1. The number of carboxylic acid groups (broad SMARTS) is 2. The highest BCUT2D eigenvalue weighted by Gasteiger charge is 2.38. The van der Waals surface area contributed by atoms with E-state index < -0.39 is 18.8 Å². The number of nitrogens with one attached hydrogen (secondary N) is 1. The van der Waals surface area contributed by atoms with E-state index >= 15 is 0 Å². The minimum Gasteiger partial charge on any atom is -0.483 e. The molecule has 0 spiro atoms. The summed E-state index contributed by atoms with van der Waals surface area (Å²) >= 11 is 0. The van der Waals surface area contributed by atoms with Gasteiger partial charge in [0.15, 0.2) is 11.5 Å². The molecular weight excluding hydrogens is 592 g/mol. The summed E-state index contributed by atoms with van der Waals surface area (Å²) in [6, 6.07) is 11.5. The van der Waals surface area contributed by atoms with Crippen LogP contribution in [0, 0.1) is 0 Å². The van der Waals surface area contributed by atoms with E-state index in [-0.39, 0.29) is 23.9 Å². The van der Waals surface area contributed by atoms with Gasteiger partial charge in [-0.15, -0.1) is 5.10 Å². The standard InChI is InChI=1S/C22H27N5O2.C2HF3O2.CHF3.CH2O2/c1-22(2,3)16-6-4-15(5-7-16)21(29)24-18-14-27-19(23-18)8-9-20(25-27)26-12-10-17(28)11-13-26;3-2(4,5)1(6)7;2-1(3)4;2-1-3/h4-9,14,17,28H,10-13H2,1-3H3,(H,24,29);(H,6,7);1H;1H,(H,2,3). The van der Waals surface area contributed by atoms with E-state index in [4.69, 9.17) is 19.8 Å². The Morgan fingerprint density at radius 2 is 1.51 bits per heavy atom. The van der Waals surface area contributed by atoms with Crippen molar-refractivity contribution in [2.45, 2.75) is 58.0 Å². The number of carbonyl (C=O) groups excluding carboxylic acids is 1. The first kappa shape index (κ1) is 36.6. The van der Waals surface area contributed by atoms with Gasteiger partial charge in [-0.3, -0.25) is 9.59 Å². The minimum absolute atomic E-state index is 0.0480. The number of hydrogen-bond donors (Lipinski definition) is 4. The van der Waals surface area contributed by atoms with Crippen molar-refractivity contribution in [1.82, 2.24) is 14.6 Å². The van der Waals surface area contributed by atoms with Crippen molar-refractivity contribution in [2.75, 3.05) is 23.3 Å². The van der Waals surface area contributed by atoms with E-state index in [0.29, 0.717) is 17.0 Å². The lowest BCUT2D eigenvalue weighted by Crippen LogP contribution is -2.36. The molecule has 4 rings (SSSR count). The smallest absolute Gasteiger partial charge is 0.483 e. The molecular formula is C26H31F6N5O6. The summed E-state index contributed by atoms with van der Waals surface area (Å²) in [5.41, 5.74) is 2.50. The molecule has 17 heteroatoms. The van der Waals surface area contributed by atoms with Gasteiger partial charge >= 0.3 is 18.8 Å². The van der Waals surface area contributed by atoms with Gasteiger partial charge < -0.3 is 25.5 Å². The number of aliphatic carboxylic acids is 1. The number of hydrogen-bond acceptors (Lipinski definition) is 7.